The van der Waals surface area contributed by atoms with Gasteiger partial charge in [0.1, 0.15) is 23.3 Å². The van der Waals surface area contributed by atoms with Crippen molar-refractivity contribution < 1.29 is 18.3 Å². The molecule has 0 bridgehead atoms. The molecule has 1 amide bonds. The molecule has 0 saturated heterocycles. The number of carbonyl (C=O) groups is 1. The number of rotatable bonds is 4. The zero-order chi connectivity index (χ0) is 19.8. The number of ether oxygens (including phenoxy) is 1. The number of nitrogens with one attached hydrogen (secondary N) is 1. The van der Waals surface area contributed by atoms with E-state index in [9.17, 15) is 9.18 Å². The van der Waals surface area contributed by atoms with E-state index >= 15 is 0 Å². The molecular weight excluding hydrogens is 363 g/mol. The second-order valence-corrected chi connectivity index (χ2v) is 6.29. The molecule has 0 aliphatic heterocycles. The van der Waals surface area contributed by atoms with Gasteiger partial charge in [-0.1, -0.05) is 0 Å². The minimum atomic E-state index is -0.662. The number of carbonyl (C=O) groups excluding carboxylic acids is 1. The second-order valence-electron chi connectivity index (χ2n) is 6.29. The van der Waals surface area contributed by atoms with E-state index in [1.54, 1.807) is 22.7 Å². The number of halogens is 1. The summed E-state index contributed by atoms with van der Waals surface area (Å²) in [4.78, 5) is 21.3. The maximum absolute atomic E-state index is 14.7. The fourth-order valence-corrected chi connectivity index (χ4v) is 3.11. The Labute approximate surface area is 159 Å². The summed E-state index contributed by atoms with van der Waals surface area (Å²) in [5, 5.41) is 2.59. The molecular formula is C20H17FN4O3. The van der Waals surface area contributed by atoms with E-state index in [0.29, 0.717) is 16.8 Å². The lowest BCUT2D eigenvalue weighted by molar-refractivity contribution is 0.102. The van der Waals surface area contributed by atoms with Gasteiger partial charge < -0.3 is 18.9 Å². The Morgan fingerprint density at radius 3 is 2.82 bits per heavy atom. The monoisotopic (exact) mass is 380 g/mol. The predicted octanol–water partition coefficient (Wildman–Crippen LogP) is 4.01. The average molecular weight is 380 g/mol. The SMILES string of the molecule is COc1cc(-c2ncco2)cc(F)c1NC(=O)c1ccn2c(C)cc(C)nc12. The van der Waals surface area contributed by atoms with Crippen LogP contribution in [0, 0.1) is 19.7 Å². The van der Waals surface area contributed by atoms with E-state index in [-0.39, 0.29) is 17.3 Å². The number of aromatic nitrogens is 3. The number of nitrogens with zero attached hydrogens (tertiary/aromatic N) is 3. The van der Waals surface area contributed by atoms with Crippen molar-refractivity contribution in [3.8, 4) is 17.2 Å². The maximum atomic E-state index is 14.7. The molecule has 0 unspecified atom stereocenters. The smallest absolute Gasteiger partial charge is 0.259 e. The van der Waals surface area contributed by atoms with Crippen molar-refractivity contribution in [2.24, 2.45) is 0 Å². The van der Waals surface area contributed by atoms with Crippen LogP contribution >= 0.6 is 0 Å². The molecule has 0 spiro atoms. The normalized spacial score (nSPS) is 11.0. The number of methoxy groups -OCH3 is 1. The van der Waals surface area contributed by atoms with E-state index < -0.39 is 11.7 Å². The predicted molar refractivity (Wildman–Crippen MR) is 101 cm³/mol. The van der Waals surface area contributed by atoms with E-state index in [0.717, 1.165) is 11.4 Å². The van der Waals surface area contributed by atoms with Crippen molar-refractivity contribution in [2.45, 2.75) is 13.8 Å². The van der Waals surface area contributed by atoms with Crippen molar-refractivity contribution in [3.63, 3.8) is 0 Å². The molecule has 28 heavy (non-hydrogen) atoms. The number of anilines is 1. The summed E-state index contributed by atoms with van der Waals surface area (Å²) in [5.74, 6) is -0.736. The Morgan fingerprint density at radius 2 is 2.11 bits per heavy atom. The Kier molecular flexibility index (Phi) is 4.31. The van der Waals surface area contributed by atoms with Crippen LogP contribution in [0.25, 0.3) is 17.1 Å². The number of hydrogen-bond donors (Lipinski definition) is 1. The first-order valence-corrected chi connectivity index (χ1v) is 8.52. The Bertz CT molecular complexity index is 1180. The highest BCUT2D eigenvalue weighted by Gasteiger charge is 2.20. The topological polar surface area (TPSA) is 81.7 Å². The number of oxazole rings is 1. The quantitative estimate of drug-likeness (QED) is 0.579. The third-order valence-corrected chi connectivity index (χ3v) is 4.38. The van der Waals surface area contributed by atoms with Gasteiger partial charge in [0.05, 0.1) is 18.9 Å². The van der Waals surface area contributed by atoms with Crippen LogP contribution in [0.1, 0.15) is 21.7 Å². The van der Waals surface area contributed by atoms with Gasteiger partial charge in [-0.2, -0.15) is 0 Å². The number of hydrogen-bond acceptors (Lipinski definition) is 5. The standard InChI is InChI=1S/C20H17FN4O3/c1-11-8-12(2)25-6-4-14(18(25)23-11)19(26)24-17-15(21)9-13(10-16(17)27-3)20-22-5-7-28-20/h4-10H,1-3H3,(H,24,26). The molecule has 1 N–H and O–H groups in total. The molecule has 3 aromatic heterocycles. The molecule has 0 radical (unpaired) electrons. The van der Waals surface area contributed by atoms with Crippen molar-refractivity contribution in [1.82, 2.24) is 14.4 Å². The van der Waals surface area contributed by atoms with E-state index in [2.05, 4.69) is 15.3 Å². The third kappa shape index (κ3) is 2.98. The molecule has 142 valence electrons. The molecule has 7 nitrogen and oxygen atoms in total. The summed E-state index contributed by atoms with van der Waals surface area (Å²) in [6.45, 7) is 3.78. The molecule has 4 aromatic rings. The number of benzene rings is 1. The molecule has 0 saturated carbocycles. The highest BCUT2D eigenvalue weighted by atomic mass is 19.1. The van der Waals surface area contributed by atoms with Crippen molar-refractivity contribution in [2.75, 3.05) is 12.4 Å². The summed E-state index contributed by atoms with van der Waals surface area (Å²) in [6.07, 6.45) is 4.61. The highest BCUT2D eigenvalue weighted by molar-refractivity contribution is 6.09. The first kappa shape index (κ1) is 17.7. The van der Waals surface area contributed by atoms with Crippen LogP contribution in [0.5, 0.6) is 5.75 Å². The second kappa shape index (κ2) is 6.80. The van der Waals surface area contributed by atoms with Crippen molar-refractivity contribution in [3.05, 3.63) is 65.7 Å². The van der Waals surface area contributed by atoms with Gasteiger partial charge in [0, 0.05) is 23.1 Å². The van der Waals surface area contributed by atoms with Crippen LogP contribution < -0.4 is 10.1 Å². The third-order valence-electron chi connectivity index (χ3n) is 4.38. The molecule has 3 heterocycles. The van der Waals surface area contributed by atoms with Gasteiger partial charge in [0.15, 0.2) is 5.82 Å². The summed E-state index contributed by atoms with van der Waals surface area (Å²) in [5.41, 5.74) is 2.92. The van der Waals surface area contributed by atoms with Gasteiger partial charge in [-0.25, -0.2) is 14.4 Å². The van der Waals surface area contributed by atoms with Gasteiger partial charge >= 0.3 is 0 Å². The highest BCUT2D eigenvalue weighted by Crippen LogP contribution is 2.33. The van der Waals surface area contributed by atoms with Crippen LogP contribution in [0.4, 0.5) is 10.1 Å². The molecule has 0 aliphatic rings. The van der Waals surface area contributed by atoms with Gasteiger partial charge in [-0.05, 0) is 38.1 Å². The first-order chi connectivity index (χ1) is 13.5. The molecule has 0 fully saturated rings. The Morgan fingerprint density at radius 1 is 1.29 bits per heavy atom. The van der Waals surface area contributed by atoms with E-state index in [1.807, 2.05) is 19.9 Å². The average Bonchev–Trinajstić information content (AvgIpc) is 3.32. The Balaban J connectivity index is 1.72. The summed E-state index contributed by atoms with van der Waals surface area (Å²) in [6, 6.07) is 6.34. The maximum Gasteiger partial charge on any atom is 0.259 e. The van der Waals surface area contributed by atoms with Crippen LogP contribution in [0.15, 0.2) is 47.3 Å². The zero-order valence-electron chi connectivity index (χ0n) is 15.5. The van der Waals surface area contributed by atoms with Crippen LogP contribution in [0.2, 0.25) is 0 Å². The van der Waals surface area contributed by atoms with Crippen LogP contribution in [-0.2, 0) is 0 Å². The molecule has 8 heteroatoms. The van der Waals surface area contributed by atoms with Gasteiger partial charge in [-0.3, -0.25) is 4.79 Å². The summed E-state index contributed by atoms with van der Waals surface area (Å²) < 4.78 is 27.0. The van der Waals surface area contributed by atoms with Crippen molar-refractivity contribution >= 4 is 17.2 Å². The lowest BCUT2D eigenvalue weighted by atomic mass is 10.1. The summed E-state index contributed by atoms with van der Waals surface area (Å²) in [7, 11) is 1.39. The zero-order valence-corrected chi connectivity index (χ0v) is 15.5. The molecule has 4 rings (SSSR count). The van der Waals surface area contributed by atoms with Crippen LogP contribution in [0.3, 0.4) is 0 Å². The number of fused-ring (bicyclic) bond motifs is 1. The summed E-state index contributed by atoms with van der Waals surface area (Å²) >= 11 is 0. The molecule has 0 aliphatic carbocycles. The molecule has 1 aromatic carbocycles. The lowest BCUT2D eigenvalue weighted by Gasteiger charge is -2.12. The number of aryl methyl sites for hydroxylation is 2. The van der Waals surface area contributed by atoms with Crippen molar-refractivity contribution in [1.29, 1.82) is 0 Å². The van der Waals surface area contributed by atoms with Gasteiger partial charge in [0.2, 0.25) is 5.89 Å². The van der Waals surface area contributed by atoms with Gasteiger partial charge in [0.25, 0.3) is 5.91 Å². The van der Waals surface area contributed by atoms with Gasteiger partial charge in [-0.15, -0.1) is 0 Å². The first-order valence-electron chi connectivity index (χ1n) is 8.52. The fourth-order valence-electron chi connectivity index (χ4n) is 3.11. The molecule has 0 atom stereocenters. The van der Waals surface area contributed by atoms with E-state index in [4.69, 9.17) is 9.15 Å². The van der Waals surface area contributed by atoms with Crippen LogP contribution in [-0.4, -0.2) is 27.4 Å². The Hall–Kier alpha value is -3.68. The largest absolute Gasteiger partial charge is 0.494 e. The lowest BCUT2D eigenvalue weighted by Crippen LogP contribution is -2.14. The minimum Gasteiger partial charge on any atom is -0.494 e. The number of amides is 1. The minimum absolute atomic E-state index is 0.0634. The van der Waals surface area contributed by atoms with E-state index in [1.165, 1.54) is 25.6 Å². The fraction of sp³-hybridized carbons (Fsp3) is 0.150.